The van der Waals surface area contributed by atoms with E-state index in [-0.39, 0.29) is 23.4 Å². The zero-order valence-electron chi connectivity index (χ0n) is 13.5. The van der Waals surface area contributed by atoms with Gasteiger partial charge in [0, 0.05) is 30.1 Å². The smallest absolute Gasteiger partial charge is 0.405 e. The van der Waals surface area contributed by atoms with Crippen LogP contribution in [0, 0.1) is 11.8 Å². The minimum Gasteiger partial charge on any atom is -0.465 e. The highest BCUT2D eigenvalue weighted by Gasteiger charge is 2.47. The summed E-state index contributed by atoms with van der Waals surface area (Å²) >= 11 is 5.57. The second-order valence-electron chi connectivity index (χ2n) is 6.55. The Hall–Kier alpha value is -2.08. The quantitative estimate of drug-likeness (QED) is 0.820. The van der Waals surface area contributed by atoms with Crippen molar-refractivity contribution in [3.63, 3.8) is 0 Å². The Bertz CT molecular complexity index is 717. The normalized spacial score (nSPS) is 25.8. The second kappa shape index (κ2) is 6.09. The number of hydrogen-bond donors (Lipinski definition) is 2. The lowest BCUT2D eigenvalue weighted by molar-refractivity contribution is -0.117. The van der Waals surface area contributed by atoms with E-state index in [0.29, 0.717) is 17.2 Å². The SMILES string of the molecule is CC(=O)N1c2ccc(C(=O)Cl)cc2[C@H](NC(=O)O)[C@@H](C)[C@H]1C1CC1. The predicted octanol–water partition coefficient (Wildman–Crippen LogP) is 3.16. The van der Waals surface area contributed by atoms with Gasteiger partial charge in [-0.2, -0.15) is 0 Å². The van der Waals surface area contributed by atoms with Crippen LogP contribution < -0.4 is 10.2 Å². The molecule has 3 atom stereocenters. The molecule has 2 N–H and O–H groups in total. The van der Waals surface area contributed by atoms with Crippen molar-refractivity contribution in [3.05, 3.63) is 29.3 Å². The first kappa shape index (κ1) is 16.8. The number of rotatable bonds is 3. The summed E-state index contributed by atoms with van der Waals surface area (Å²) in [5.74, 6) is 0.189. The molecule has 0 bridgehead atoms. The van der Waals surface area contributed by atoms with Crippen LogP contribution in [0.5, 0.6) is 0 Å². The molecule has 1 aliphatic carbocycles. The van der Waals surface area contributed by atoms with Crippen LogP contribution in [0.2, 0.25) is 0 Å². The van der Waals surface area contributed by atoms with Gasteiger partial charge < -0.3 is 15.3 Å². The number of nitrogens with one attached hydrogen (secondary N) is 1. The number of carboxylic acid groups (broad SMARTS) is 1. The zero-order chi connectivity index (χ0) is 17.6. The van der Waals surface area contributed by atoms with Crippen molar-refractivity contribution >= 4 is 34.5 Å². The lowest BCUT2D eigenvalue weighted by Crippen LogP contribution is -2.53. The summed E-state index contributed by atoms with van der Waals surface area (Å²) in [4.78, 5) is 36.8. The molecule has 6 nitrogen and oxygen atoms in total. The average molecular weight is 351 g/mol. The summed E-state index contributed by atoms with van der Waals surface area (Å²) in [5, 5.41) is 11.2. The summed E-state index contributed by atoms with van der Waals surface area (Å²) in [6.07, 6.45) is 0.935. The largest absolute Gasteiger partial charge is 0.465 e. The topological polar surface area (TPSA) is 86.7 Å². The number of benzene rings is 1. The molecule has 0 unspecified atom stereocenters. The van der Waals surface area contributed by atoms with Crippen molar-refractivity contribution in [3.8, 4) is 0 Å². The standard InChI is InChI=1S/C17H19ClN2O4/c1-8-14(19-17(23)24)12-7-11(16(18)22)5-6-13(12)20(9(2)21)15(8)10-3-4-10/h5-8,10,14-15,19H,3-4H2,1-2H3,(H,23,24)/t8-,14-,15+/m1/s1. The van der Waals surface area contributed by atoms with Crippen LogP contribution in [0.25, 0.3) is 0 Å². The monoisotopic (exact) mass is 350 g/mol. The molecular weight excluding hydrogens is 332 g/mol. The number of carbonyl (C=O) groups is 3. The molecule has 3 rings (SSSR count). The molecular formula is C17H19ClN2O4. The first-order valence-electron chi connectivity index (χ1n) is 7.94. The maximum Gasteiger partial charge on any atom is 0.405 e. The Morgan fingerprint density at radius 3 is 2.46 bits per heavy atom. The van der Waals surface area contributed by atoms with Gasteiger partial charge in [-0.25, -0.2) is 4.79 Å². The number of amides is 2. The summed E-state index contributed by atoms with van der Waals surface area (Å²) in [6.45, 7) is 3.45. The number of halogens is 1. The molecule has 1 fully saturated rings. The van der Waals surface area contributed by atoms with Crippen molar-refractivity contribution < 1.29 is 19.5 Å². The summed E-state index contributed by atoms with van der Waals surface area (Å²) in [5.41, 5.74) is 1.55. The van der Waals surface area contributed by atoms with Gasteiger partial charge in [0.2, 0.25) is 5.91 Å². The van der Waals surface area contributed by atoms with E-state index in [9.17, 15) is 19.5 Å². The highest BCUT2D eigenvalue weighted by atomic mass is 35.5. The third-order valence-corrected chi connectivity index (χ3v) is 5.15. The average Bonchev–Trinajstić information content (AvgIpc) is 3.32. The fourth-order valence-electron chi connectivity index (χ4n) is 3.82. The first-order chi connectivity index (χ1) is 11.3. The van der Waals surface area contributed by atoms with Gasteiger partial charge in [0.25, 0.3) is 5.24 Å². The van der Waals surface area contributed by atoms with Gasteiger partial charge in [0.05, 0.1) is 6.04 Å². The molecule has 1 aromatic carbocycles. The highest BCUT2D eigenvalue weighted by Crippen LogP contribution is 2.49. The van der Waals surface area contributed by atoms with Crippen molar-refractivity contribution in [2.45, 2.75) is 38.8 Å². The van der Waals surface area contributed by atoms with Crippen molar-refractivity contribution in [1.29, 1.82) is 0 Å². The Morgan fingerprint density at radius 2 is 1.96 bits per heavy atom. The fraction of sp³-hybridized carbons (Fsp3) is 0.471. The van der Waals surface area contributed by atoms with Crippen LogP contribution in [0.15, 0.2) is 18.2 Å². The minimum absolute atomic E-state index is 0.0515. The van der Waals surface area contributed by atoms with E-state index in [1.807, 2.05) is 6.92 Å². The first-order valence-corrected chi connectivity index (χ1v) is 8.32. The van der Waals surface area contributed by atoms with E-state index in [2.05, 4.69) is 5.32 Å². The second-order valence-corrected chi connectivity index (χ2v) is 6.89. The molecule has 2 amide bonds. The number of anilines is 1. The van der Waals surface area contributed by atoms with Gasteiger partial charge >= 0.3 is 6.09 Å². The Labute approximate surface area is 144 Å². The van der Waals surface area contributed by atoms with E-state index in [1.165, 1.54) is 6.92 Å². The Balaban J connectivity index is 2.15. The van der Waals surface area contributed by atoms with Gasteiger partial charge in [0.15, 0.2) is 0 Å². The fourth-order valence-corrected chi connectivity index (χ4v) is 3.94. The van der Waals surface area contributed by atoms with Gasteiger partial charge in [-0.3, -0.25) is 9.59 Å². The number of nitrogens with zero attached hydrogens (tertiary/aromatic N) is 1. The Morgan fingerprint density at radius 1 is 1.29 bits per heavy atom. The van der Waals surface area contributed by atoms with Crippen LogP contribution in [0.1, 0.15) is 48.7 Å². The molecule has 2 aliphatic rings. The molecule has 7 heteroatoms. The van der Waals surface area contributed by atoms with Crippen LogP contribution in [-0.4, -0.2) is 28.4 Å². The molecule has 0 radical (unpaired) electrons. The number of fused-ring (bicyclic) bond motifs is 1. The van der Waals surface area contributed by atoms with Gasteiger partial charge in [-0.05, 0) is 54.1 Å². The molecule has 1 aromatic rings. The zero-order valence-corrected chi connectivity index (χ0v) is 14.2. The van der Waals surface area contributed by atoms with Gasteiger partial charge in [-0.1, -0.05) is 6.92 Å². The van der Waals surface area contributed by atoms with Crippen molar-refractivity contribution in [1.82, 2.24) is 5.32 Å². The molecule has 1 saturated carbocycles. The number of hydrogen-bond acceptors (Lipinski definition) is 3. The molecule has 1 aliphatic heterocycles. The maximum absolute atomic E-state index is 12.3. The summed E-state index contributed by atoms with van der Waals surface area (Å²) in [7, 11) is 0. The predicted molar refractivity (Wildman–Crippen MR) is 89.4 cm³/mol. The number of carbonyl (C=O) groups excluding carboxylic acids is 2. The maximum atomic E-state index is 12.3. The molecule has 0 aromatic heterocycles. The van der Waals surface area contributed by atoms with E-state index in [1.54, 1.807) is 23.1 Å². The van der Waals surface area contributed by atoms with E-state index in [4.69, 9.17) is 11.6 Å². The summed E-state index contributed by atoms with van der Waals surface area (Å²) in [6, 6.07) is 4.30. The minimum atomic E-state index is -1.13. The third-order valence-electron chi connectivity index (χ3n) is 4.93. The molecule has 24 heavy (non-hydrogen) atoms. The van der Waals surface area contributed by atoms with Crippen LogP contribution in [-0.2, 0) is 4.79 Å². The lowest BCUT2D eigenvalue weighted by atomic mass is 9.79. The van der Waals surface area contributed by atoms with Gasteiger partial charge in [-0.15, -0.1) is 0 Å². The lowest BCUT2D eigenvalue weighted by Gasteiger charge is -2.45. The third kappa shape index (κ3) is 2.86. The molecule has 128 valence electrons. The van der Waals surface area contributed by atoms with E-state index in [0.717, 1.165) is 12.8 Å². The molecule has 0 spiro atoms. The van der Waals surface area contributed by atoms with Crippen LogP contribution in [0.3, 0.4) is 0 Å². The highest BCUT2D eigenvalue weighted by molar-refractivity contribution is 6.67. The van der Waals surface area contributed by atoms with Gasteiger partial charge in [0.1, 0.15) is 0 Å². The molecule has 0 saturated heterocycles. The van der Waals surface area contributed by atoms with Crippen molar-refractivity contribution in [2.75, 3.05) is 4.90 Å². The van der Waals surface area contributed by atoms with E-state index < -0.39 is 17.4 Å². The summed E-state index contributed by atoms with van der Waals surface area (Å²) < 4.78 is 0. The van der Waals surface area contributed by atoms with Crippen LogP contribution in [0.4, 0.5) is 10.5 Å². The van der Waals surface area contributed by atoms with E-state index >= 15 is 0 Å². The van der Waals surface area contributed by atoms with Crippen LogP contribution >= 0.6 is 11.6 Å². The molecule has 1 heterocycles. The Kier molecular flexibility index (Phi) is 4.25. The van der Waals surface area contributed by atoms with Crippen molar-refractivity contribution in [2.24, 2.45) is 11.8 Å².